The molecule has 1 N–H and O–H groups in total. The van der Waals surface area contributed by atoms with Gasteiger partial charge < -0.3 is 9.88 Å². The number of H-pyrrole nitrogens is 1. The zero-order valence-electron chi connectivity index (χ0n) is 23.2. The van der Waals surface area contributed by atoms with Gasteiger partial charge in [0, 0.05) is 42.5 Å². The molecule has 1 amide bonds. The molecule has 0 bridgehead atoms. The number of piperidine rings is 1. The third-order valence-electron chi connectivity index (χ3n) is 8.67. The minimum absolute atomic E-state index is 0.241. The van der Waals surface area contributed by atoms with Crippen molar-refractivity contribution in [3.05, 3.63) is 108 Å². The minimum atomic E-state index is 0.241. The van der Waals surface area contributed by atoms with Gasteiger partial charge in [-0.15, -0.1) is 0 Å². The Hall–Kier alpha value is -4.88. The van der Waals surface area contributed by atoms with Crippen LogP contribution in [-0.2, 0) is 17.8 Å². The average molecular weight is 551 g/mol. The molecule has 0 radical (unpaired) electrons. The molecule has 2 aliphatic rings. The van der Waals surface area contributed by atoms with Crippen LogP contribution in [-0.4, -0.2) is 49.9 Å². The molecule has 6 aromatic rings. The standard InChI is InChI=1S/C35H30N6O/c42-33-18-26-8-4-5-9-32(26)41(33)27-14-16-40(17-15-27)21-23-10-12-25(13-11-23)35-34(24-6-2-1-3-7-24)38-30-19-28-29(37-22-36-28)20-31(30)39-35/h1-13,19-20,22,27H,14-18,21H2,(H,36,37). The first-order valence-electron chi connectivity index (χ1n) is 14.6. The number of imidazole rings is 1. The van der Waals surface area contributed by atoms with Crippen molar-refractivity contribution in [3.8, 4) is 22.5 Å². The number of benzene rings is 4. The van der Waals surface area contributed by atoms with Crippen LogP contribution in [0.5, 0.6) is 0 Å². The van der Waals surface area contributed by atoms with Gasteiger partial charge in [-0.3, -0.25) is 9.69 Å². The van der Waals surface area contributed by atoms with E-state index in [4.69, 9.17) is 9.97 Å². The molecule has 0 unspecified atom stereocenters. The largest absolute Gasteiger partial charge is 0.345 e. The Morgan fingerprint density at radius 2 is 1.45 bits per heavy atom. The fourth-order valence-electron chi connectivity index (χ4n) is 6.52. The number of hydrogen-bond donors (Lipinski definition) is 1. The van der Waals surface area contributed by atoms with E-state index in [9.17, 15) is 4.79 Å². The van der Waals surface area contributed by atoms with E-state index < -0.39 is 0 Å². The van der Waals surface area contributed by atoms with Crippen LogP contribution < -0.4 is 4.90 Å². The molecule has 4 aromatic carbocycles. The van der Waals surface area contributed by atoms with Gasteiger partial charge in [0.15, 0.2) is 0 Å². The third-order valence-corrected chi connectivity index (χ3v) is 8.67. The number of likely N-dealkylation sites (tertiary alicyclic amines) is 1. The number of hydrogen-bond acceptors (Lipinski definition) is 5. The van der Waals surface area contributed by atoms with Crippen LogP contribution in [0, 0.1) is 0 Å². The first-order chi connectivity index (χ1) is 20.7. The second kappa shape index (κ2) is 10.2. The Bertz CT molecular complexity index is 1920. The highest BCUT2D eigenvalue weighted by molar-refractivity contribution is 6.02. The molecule has 0 aliphatic carbocycles. The SMILES string of the molecule is O=C1Cc2ccccc2N1C1CCN(Cc2ccc(-c3nc4cc5nc[nH]c5cc4nc3-c3ccccc3)cc2)CC1. The van der Waals surface area contributed by atoms with Crippen LogP contribution >= 0.6 is 0 Å². The molecule has 8 rings (SSSR count). The number of rotatable bonds is 5. The van der Waals surface area contributed by atoms with E-state index in [1.165, 1.54) is 5.56 Å². The molecule has 7 heteroatoms. The van der Waals surface area contributed by atoms with Gasteiger partial charge in [-0.25, -0.2) is 15.0 Å². The maximum atomic E-state index is 12.8. The molecular formula is C35H30N6O. The molecule has 7 nitrogen and oxygen atoms in total. The Morgan fingerprint density at radius 3 is 2.24 bits per heavy atom. The Balaban J connectivity index is 1.02. The van der Waals surface area contributed by atoms with Crippen molar-refractivity contribution >= 4 is 33.7 Å². The van der Waals surface area contributed by atoms with E-state index in [-0.39, 0.29) is 11.9 Å². The predicted octanol–water partition coefficient (Wildman–Crippen LogP) is 6.39. The van der Waals surface area contributed by atoms with Crippen molar-refractivity contribution in [3.63, 3.8) is 0 Å². The number of fused-ring (bicyclic) bond motifs is 3. The molecule has 42 heavy (non-hydrogen) atoms. The summed E-state index contributed by atoms with van der Waals surface area (Å²) in [5, 5.41) is 0. The second-order valence-electron chi connectivity index (χ2n) is 11.3. The van der Waals surface area contributed by atoms with Gasteiger partial charge in [0.25, 0.3) is 0 Å². The Morgan fingerprint density at radius 1 is 0.762 bits per heavy atom. The Kier molecular flexibility index (Phi) is 6.04. The lowest BCUT2D eigenvalue weighted by atomic mass is 10.0. The summed E-state index contributed by atoms with van der Waals surface area (Å²) in [6, 6.07) is 31.5. The van der Waals surface area contributed by atoms with E-state index in [0.717, 1.165) is 88.3 Å². The molecule has 0 spiro atoms. The number of anilines is 1. The summed E-state index contributed by atoms with van der Waals surface area (Å²) in [7, 11) is 0. The quantitative estimate of drug-likeness (QED) is 0.269. The monoisotopic (exact) mass is 550 g/mol. The van der Waals surface area contributed by atoms with E-state index in [1.807, 2.05) is 42.5 Å². The molecule has 206 valence electrons. The van der Waals surface area contributed by atoms with Crippen molar-refractivity contribution in [1.29, 1.82) is 0 Å². The molecule has 4 heterocycles. The van der Waals surface area contributed by atoms with Crippen LogP contribution in [0.2, 0.25) is 0 Å². The smallest absolute Gasteiger partial charge is 0.231 e. The topological polar surface area (TPSA) is 78.0 Å². The summed E-state index contributed by atoms with van der Waals surface area (Å²) >= 11 is 0. The second-order valence-corrected chi connectivity index (χ2v) is 11.3. The van der Waals surface area contributed by atoms with Crippen LogP contribution in [0.15, 0.2) is 97.3 Å². The lowest BCUT2D eigenvalue weighted by molar-refractivity contribution is -0.118. The highest BCUT2D eigenvalue weighted by Gasteiger charge is 2.34. The molecule has 1 saturated heterocycles. The van der Waals surface area contributed by atoms with Gasteiger partial charge in [-0.2, -0.15) is 0 Å². The number of nitrogens with zero attached hydrogens (tertiary/aromatic N) is 5. The van der Waals surface area contributed by atoms with Crippen LogP contribution in [0.1, 0.15) is 24.0 Å². The molecule has 0 saturated carbocycles. The zero-order valence-corrected chi connectivity index (χ0v) is 23.2. The third kappa shape index (κ3) is 4.43. The lowest BCUT2D eigenvalue weighted by Gasteiger charge is -2.37. The predicted molar refractivity (Wildman–Crippen MR) is 166 cm³/mol. The number of nitrogens with one attached hydrogen (secondary N) is 1. The molecule has 0 atom stereocenters. The fraction of sp³-hybridized carbons (Fsp3) is 0.200. The number of amides is 1. The summed E-state index contributed by atoms with van der Waals surface area (Å²) in [6.45, 7) is 2.85. The van der Waals surface area contributed by atoms with Crippen LogP contribution in [0.4, 0.5) is 5.69 Å². The number of aromatic nitrogens is 4. The lowest BCUT2D eigenvalue weighted by Crippen LogP contribution is -2.46. The number of aromatic amines is 1. The van der Waals surface area contributed by atoms with E-state index in [1.54, 1.807) is 6.33 Å². The summed E-state index contributed by atoms with van der Waals surface area (Å²) in [5.41, 5.74) is 10.9. The molecule has 2 aromatic heterocycles. The van der Waals surface area contributed by atoms with Crippen molar-refractivity contribution < 1.29 is 4.79 Å². The normalized spacial score (nSPS) is 16.0. The number of carbonyl (C=O) groups is 1. The average Bonchev–Trinajstić information content (AvgIpc) is 3.63. The van der Waals surface area contributed by atoms with E-state index in [2.05, 4.69) is 68.3 Å². The summed E-state index contributed by atoms with van der Waals surface area (Å²) < 4.78 is 0. The highest BCUT2D eigenvalue weighted by Crippen LogP contribution is 2.34. The van der Waals surface area contributed by atoms with E-state index >= 15 is 0 Å². The Labute approximate surface area is 243 Å². The van der Waals surface area contributed by atoms with Gasteiger partial charge in [0.05, 0.1) is 46.2 Å². The zero-order chi connectivity index (χ0) is 28.0. The van der Waals surface area contributed by atoms with Crippen LogP contribution in [0.25, 0.3) is 44.6 Å². The van der Waals surface area contributed by atoms with Crippen LogP contribution in [0.3, 0.4) is 0 Å². The van der Waals surface area contributed by atoms with Gasteiger partial charge in [0.1, 0.15) is 0 Å². The molecular weight excluding hydrogens is 520 g/mol. The number of para-hydroxylation sites is 1. The number of carbonyl (C=O) groups excluding carboxylic acids is 1. The van der Waals surface area contributed by atoms with Gasteiger partial charge in [-0.1, -0.05) is 72.8 Å². The van der Waals surface area contributed by atoms with Gasteiger partial charge in [0.2, 0.25) is 5.91 Å². The van der Waals surface area contributed by atoms with Gasteiger partial charge >= 0.3 is 0 Å². The van der Waals surface area contributed by atoms with Crippen molar-refractivity contribution in [1.82, 2.24) is 24.8 Å². The maximum Gasteiger partial charge on any atom is 0.231 e. The van der Waals surface area contributed by atoms with Gasteiger partial charge in [-0.05, 0) is 42.2 Å². The maximum absolute atomic E-state index is 12.8. The first kappa shape index (κ1) is 24.9. The van der Waals surface area contributed by atoms with Crippen molar-refractivity contribution in [2.45, 2.75) is 31.8 Å². The molecule has 2 aliphatic heterocycles. The highest BCUT2D eigenvalue weighted by atomic mass is 16.2. The van der Waals surface area contributed by atoms with Crippen molar-refractivity contribution in [2.24, 2.45) is 0 Å². The van der Waals surface area contributed by atoms with Crippen molar-refractivity contribution in [2.75, 3.05) is 18.0 Å². The summed E-state index contributed by atoms with van der Waals surface area (Å²) in [5.74, 6) is 0.241. The summed E-state index contributed by atoms with van der Waals surface area (Å²) in [6.07, 6.45) is 4.22. The first-order valence-corrected chi connectivity index (χ1v) is 14.6. The van der Waals surface area contributed by atoms with E-state index in [0.29, 0.717) is 6.42 Å². The fourth-order valence-corrected chi connectivity index (χ4v) is 6.52. The summed E-state index contributed by atoms with van der Waals surface area (Å²) in [4.78, 5) is 35.1. The minimum Gasteiger partial charge on any atom is -0.345 e. The molecule has 1 fully saturated rings.